The van der Waals surface area contributed by atoms with Crippen molar-refractivity contribution in [2.75, 3.05) is 26.8 Å². The lowest BCUT2D eigenvalue weighted by Gasteiger charge is -2.31. The summed E-state index contributed by atoms with van der Waals surface area (Å²) in [6, 6.07) is -0.242. The van der Waals surface area contributed by atoms with E-state index in [-0.39, 0.29) is 11.9 Å². The van der Waals surface area contributed by atoms with Crippen LogP contribution in [-0.2, 0) is 9.53 Å². The molecule has 1 amide bonds. The van der Waals surface area contributed by atoms with E-state index < -0.39 is 11.5 Å². The number of amides is 1. The van der Waals surface area contributed by atoms with Gasteiger partial charge in [0.2, 0.25) is 5.91 Å². The molecule has 1 aliphatic heterocycles. The standard InChI is InChI=1S/C11H22N2O3/c1-8(14)4-5-13(3)10(15)11(2)7-16-6-9(11)12/h8-9,14H,4-7,12H2,1-3H3. The molecule has 3 atom stereocenters. The lowest BCUT2D eigenvalue weighted by molar-refractivity contribution is -0.140. The number of carbonyl (C=O) groups excluding carboxylic acids is 1. The molecule has 5 nitrogen and oxygen atoms in total. The second kappa shape index (κ2) is 5.12. The highest BCUT2D eigenvalue weighted by Crippen LogP contribution is 2.29. The van der Waals surface area contributed by atoms with Crippen LogP contribution in [0.1, 0.15) is 20.3 Å². The van der Waals surface area contributed by atoms with Crippen molar-refractivity contribution >= 4 is 5.91 Å². The van der Waals surface area contributed by atoms with Gasteiger partial charge in [0.25, 0.3) is 0 Å². The third kappa shape index (κ3) is 2.72. The van der Waals surface area contributed by atoms with Crippen molar-refractivity contribution in [1.82, 2.24) is 4.90 Å². The van der Waals surface area contributed by atoms with Gasteiger partial charge < -0.3 is 20.5 Å². The summed E-state index contributed by atoms with van der Waals surface area (Å²) in [7, 11) is 1.74. The molecule has 1 saturated heterocycles. The van der Waals surface area contributed by atoms with Crippen LogP contribution in [0, 0.1) is 5.41 Å². The predicted octanol–water partition coefficient (Wildman–Crippen LogP) is -0.420. The molecular formula is C11H22N2O3. The average molecular weight is 230 g/mol. The molecular weight excluding hydrogens is 208 g/mol. The summed E-state index contributed by atoms with van der Waals surface area (Å²) in [5, 5.41) is 9.18. The van der Waals surface area contributed by atoms with Crippen molar-refractivity contribution in [3.05, 3.63) is 0 Å². The van der Waals surface area contributed by atoms with Gasteiger partial charge in [-0.05, 0) is 20.3 Å². The Labute approximate surface area is 96.6 Å². The largest absolute Gasteiger partial charge is 0.393 e. The molecule has 0 bridgehead atoms. The molecule has 16 heavy (non-hydrogen) atoms. The zero-order valence-electron chi connectivity index (χ0n) is 10.3. The van der Waals surface area contributed by atoms with Crippen LogP contribution in [0.2, 0.25) is 0 Å². The highest BCUT2D eigenvalue weighted by molar-refractivity contribution is 5.83. The van der Waals surface area contributed by atoms with Crippen molar-refractivity contribution < 1.29 is 14.6 Å². The molecule has 3 unspecified atom stereocenters. The molecule has 0 aromatic carbocycles. The zero-order valence-corrected chi connectivity index (χ0v) is 10.3. The Morgan fingerprint density at radius 1 is 1.75 bits per heavy atom. The van der Waals surface area contributed by atoms with Crippen molar-refractivity contribution in [3.8, 4) is 0 Å². The van der Waals surface area contributed by atoms with Crippen LogP contribution in [0.5, 0.6) is 0 Å². The molecule has 94 valence electrons. The molecule has 0 aromatic heterocycles. The summed E-state index contributed by atoms with van der Waals surface area (Å²) in [6.07, 6.45) is 0.186. The maximum absolute atomic E-state index is 12.2. The fourth-order valence-electron chi connectivity index (χ4n) is 1.83. The molecule has 1 fully saturated rings. The SMILES string of the molecule is CC(O)CCN(C)C(=O)C1(C)COCC1N. The fraction of sp³-hybridized carbons (Fsp3) is 0.909. The maximum atomic E-state index is 12.2. The Morgan fingerprint density at radius 3 is 2.81 bits per heavy atom. The van der Waals surface area contributed by atoms with Gasteiger partial charge in [-0.15, -0.1) is 0 Å². The molecule has 3 N–H and O–H groups in total. The highest BCUT2D eigenvalue weighted by atomic mass is 16.5. The molecule has 1 rings (SSSR count). The topological polar surface area (TPSA) is 75.8 Å². The monoisotopic (exact) mass is 230 g/mol. The fourth-order valence-corrected chi connectivity index (χ4v) is 1.83. The smallest absolute Gasteiger partial charge is 0.232 e. The number of nitrogens with zero attached hydrogens (tertiary/aromatic N) is 1. The Morgan fingerprint density at radius 2 is 2.38 bits per heavy atom. The molecule has 0 aliphatic carbocycles. The number of rotatable bonds is 4. The molecule has 0 aromatic rings. The quantitative estimate of drug-likeness (QED) is 0.688. The van der Waals surface area contributed by atoms with Gasteiger partial charge in [-0.25, -0.2) is 0 Å². The number of aliphatic hydroxyl groups excluding tert-OH is 1. The van der Waals surface area contributed by atoms with Gasteiger partial charge in [-0.3, -0.25) is 4.79 Å². The minimum atomic E-state index is -0.618. The lowest BCUT2D eigenvalue weighted by atomic mass is 9.84. The Balaban J connectivity index is 2.56. The van der Waals surface area contributed by atoms with E-state index in [1.165, 1.54) is 0 Å². The van der Waals surface area contributed by atoms with Crippen molar-refractivity contribution in [2.24, 2.45) is 11.1 Å². The van der Waals surface area contributed by atoms with E-state index in [9.17, 15) is 9.90 Å². The average Bonchev–Trinajstić information content (AvgIpc) is 2.56. The van der Waals surface area contributed by atoms with Gasteiger partial charge in [0, 0.05) is 19.6 Å². The number of hydrogen-bond acceptors (Lipinski definition) is 4. The van der Waals surface area contributed by atoms with E-state index in [4.69, 9.17) is 10.5 Å². The van der Waals surface area contributed by atoms with Crippen LogP contribution in [0.3, 0.4) is 0 Å². The van der Waals surface area contributed by atoms with E-state index in [1.54, 1.807) is 18.9 Å². The minimum Gasteiger partial charge on any atom is -0.393 e. The number of hydrogen-bond donors (Lipinski definition) is 2. The highest BCUT2D eigenvalue weighted by Gasteiger charge is 2.45. The lowest BCUT2D eigenvalue weighted by Crippen LogP contribution is -2.50. The second-order valence-corrected chi connectivity index (χ2v) is 4.90. The van der Waals surface area contributed by atoms with Crippen LogP contribution < -0.4 is 5.73 Å². The summed E-state index contributed by atoms with van der Waals surface area (Å²) >= 11 is 0. The third-order valence-electron chi connectivity index (χ3n) is 3.24. The van der Waals surface area contributed by atoms with Crippen molar-refractivity contribution in [3.63, 3.8) is 0 Å². The number of nitrogens with two attached hydrogens (primary N) is 1. The summed E-state index contributed by atoms with van der Waals surface area (Å²) in [5.74, 6) is -0.00171. The van der Waals surface area contributed by atoms with Gasteiger partial charge in [0.1, 0.15) is 0 Å². The minimum absolute atomic E-state index is 0.00171. The first-order valence-corrected chi connectivity index (χ1v) is 5.65. The van der Waals surface area contributed by atoms with Gasteiger partial charge in [-0.1, -0.05) is 0 Å². The van der Waals surface area contributed by atoms with Crippen LogP contribution in [-0.4, -0.2) is 54.9 Å². The molecule has 1 heterocycles. The Bertz CT molecular complexity index is 258. The van der Waals surface area contributed by atoms with Crippen LogP contribution in [0.4, 0.5) is 0 Å². The zero-order chi connectivity index (χ0) is 12.3. The van der Waals surface area contributed by atoms with E-state index in [0.29, 0.717) is 26.2 Å². The van der Waals surface area contributed by atoms with Crippen LogP contribution in [0.25, 0.3) is 0 Å². The first-order valence-electron chi connectivity index (χ1n) is 5.65. The first-order chi connectivity index (χ1) is 7.38. The summed E-state index contributed by atoms with van der Waals surface area (Å²) in [6.45, 7) is 4.91. The number of aliphatic hydroxyl groups is 1. The van der Waals surface area contributed by atoms with Gasteiger partial charge in [0.05, 0.1) is 24.7 Å². The van der Waals surface area contributed by atoms with E-state index in [2.05, 4.69) is 0 Å². The molecule has 0 spiro atoms. The molecule has 5 heteroatoms. The summed E-state index contributed by atoms with van der Waals surface area (Å²) < 4.78 is 5.25. The first kappa shape index (κ1) is 13.4. The van der Waals surface area contributed by atoms with Crippen LogP contribution >= 0.6 is 0 Å². The van der Waals surface area contributed by atoms with Gasteiger partial charge in [-0.2, -0.15) is 0 Å². The Hall–Kier alpha value is -0.650. The van der Waals surface area contributed by atoms with E-state index in [0.717, 1.165) is 0 Å². The number of carbonyl (C=O) groups is 1. The third-order valence-corrected chi connectivity index (χ3v) is 3.24. The van der Waals surface area contributed by atoms with E-state index >= 15 is 0 Å². The van der Waals surface area contributed by atoms with Crippen LogP contribution in [0.15, 0.2) is 0 Å². The second-order valence-electron chi connectivity index (χ2n) is 4.90. The van der Waals surface area contributed by atoms with Crippen molar-refractivity contribution in [1.29, 1.82) is 0 Å². The van der Waals surface area contributed by atoms with Crippen molar-refractivity contribution in [2.45, 2.75) is 32.4 Å². The molecule has 0 radical (unpaired) electrons. The molecule has 1 aliphatic rings. The Kier molecular flexibility index (Phi) is 4.29. The summed E-state index contributed by atoms with van der Waals surface area (Å²) in [4.78, 5) is 13.8. The van der Waals surface area contributed by atoms with Gasteiger partial charge >= 0.3 is 0 Å². The molecule has 0 saturated carbocycles. The van der Waals surface area contributed by atoms with E-state index in [1.807, 2.05) is 6.92 Å². The van der Waals surface area contributed by atoms with Gasteiger partial charge in [0.15, 0.2) is 0 Å². The number of ether oxygens (including phenoxy) is 1. The normalized spacial score (nSPS) is 31.4. The maximum Gasteiger partial charge on any atom is 0.232 e. The summed E-state index contributed by atoms with van der Waals surface area (Å²) in [5.41, 5.74) is 5.27. The predicted molar refractivity (Wildman–Crippen MR) is 60.8 cm³/mol.